The van der Waals surface area contributed by atoms with Crippen molar-refractivity contribution < 1.29 is 14.3 Å². The largest absolute Gasteiger partial charge is 0.487 e. The molecule has 162 valence electrons. The van der Waals surface area contributed by atoms with Gasteiger partial charge in [-0.25, -0.2) is 9.79 Å². The van der Waals surface area contributed by atoms with E-state index in [9.17, 15) is 4.79 Å². The smallest absolute Gasteiger partial charge is 0.363 e. The Bertz CT molecular complexity index is 1240. The van der Waals surface area contributed by atoms with Gasteiger partial charge >= 0.3 is 5.97 Å². The molecule has 4 nitrogen and oxygen atoms in total. The number of carbonyl (C=O) groups is 1. The highest BCUT2D eigenvalue weighted by Gasteiger charge is 2.24. The van der Waals surface area contributed by atoms with Gasteiger partial charge in [-0.1, -0.05) is 29.8 Å². The highest BCUT2D eigenvalue weighted by molar-refractivity contribution is 14.1. The second kappa shape index (κ2) is 9.89. The highest BCUT2D eigenvalue weighted by Crippen LogP contribution is 2.36. The molecule has 0 amide bonds. The summed E-state index contributed by atoms with van der Waals surface area (Å²) in [6.07, 6.45) is 1.70. The molecule has 1 aliphatic heterocycles. The van der Waals surface area contributed by atoms with Crippen LogP contribution in [0.2, 0.25) is 0 Å². The normalized spacial score (nSPS) is 14.5. The van der Waals surface area contributed by atoms with Crippen molar-refractivity contribution >= 4 is 72.4 Å². The zero-order valence-corrected chi connectivity index (χ0v) is 22.6. The van der Waals surface area contributed by atoms with Crippen molar-refractivity contribution in [2.45, 2.75) is 20.5 Å². The fraction of sp³-hybridized carbons (Fsp3) is 0.120. The molecule has 0 bridgehead atoms. The van der Waals surface area contributed by atoms with Crippen LogP contribution >= 0.6 is 54.5 Å². The van der Waals surface area contributed by atoms with Crippen LogP contribution in [0.5, 0.6) is 5.75 Å². The zero-order chi connectivity index (χ0) is 22.8. The zero-order valence-electron chi connectivity index (χ0n) is 17.3. The Hall–Kier alpha value is -1.97. The van der Waals surface area contributed by atoms with E-state index < -0.39 is 5.97 Å². The third kappa shape index (κ3) is 5.32. The van der Waals surface area contributed by atoms with Gasteiger partial charge in [-0.05, 0) is 121 Å². The summed E-state index contributed by atoms with van der Waals surface area (Å²) in [5.41, 5.74) is 5.23. The number of aliphatic imine (C=N–C) groups is 1. The summed E-state index contributed by atoms with van der Waals surface area (Å²) in [5.74, 6) is 0.542. The molecule has 1 heterocycles. The minimum Gasteiger partial charge on any atom is -0.487 e. The SMILES string of the molecule is Cc1ccc(COc2c(Br)cc(/C=C3\N=C(c4ccc(I)c(C)c4)OC3=O)cc2Br)cc1. The lowest BCUT2D eigenvalue weighted by Crippen LogP contribution is -2.05. The molecule has 0 saturated heterocycles. The first-order valence-corrected chi connectivity index (χ1v) is 12.4. The summed E-state index contributed by atoms with van der Waals surface area (Å²) < 4.78 is 14.1. The van der Waals surface area contributed by atoms with Crippen LogP contribution < -0.4 is 4.74 Å². The fourth-order valence-electron chi connectivity index (χ4n) is 3.11. The Morgan fingerprint density at radius 3 is 2.38 bits per heavy atom. The van der Waals surface area contributed by atoms with E-state index >= 15 is 0 Å². The molecule has 7 heteroatoms. The molecular formula is C25H18Br2INO3. The molecular weight excluding hydrogens is 649 g/mol. The molecule has 1 aliphatic rings. The van der Waals surface area contributed by atoms with E-state index in [0.717, 1.165) is 34.8 Å². The third-order valence-corrected chi connectivity index (χ3v) is 7.24. The molecule has 0 radical (unpaired) electrons. The Balaban J connectivity index is 1.55. The van der Waals surface area contributed by atoms with Crippen molar-refractivity contribution in [1.29, 1.82) is 0 Å². The maximum atomic E-state index is 12.4. The van der Waals surface area contributed by atoms with E-state index in [1.807, 2.05) is 49.4 Å². The predicted molar refractivity (Wildman–Crippen MR) is 142 cm³/mol. The van der Waals surface area contributed by atoms with Crippen LogP contribution in [0.1, 0.15) is 27.8 Å². The quantitative estimate of drug-likeness (QED) is 0.163. The standard InChI is InChI=1S/C25H18Br2INO3/c1-14-3-5-16(6-4-14)13-31-23-19(26)10-17(11-20(23)27)12-22-25(30)32-24(29-22)18-7-8-21(28)15(2)9-18/h3-12H,13H2,1-2H3/b22-12-. The average molecular weight is 667 g/mol. The minimum absolute atomic E-state index is 0.253. The van der Waals surface area contributed by atoms with Gasteiger partial charge in [0, 0.05) is 9.13 Å². The van der Waals surface area contributed by atoms with E-state index in [-0.39, 0.29) is 5.70 Å². The van der Waals surface area contributed by atoms with Crippen LogP contribution in [-0.2, 0) is 16.1 Å². The van der Waals surface area contributed by atoms with Crippen LogP contribution in [0.25, 0.3) is 6.08 Å². The van der Waals surface area contributed by atoms with Gasteiger partial charge in [-0.15, -0.1) is 0 Å². The number of benzene rings is 3. The van der Waals surface area contributed by atoms with Gasteiger partial charge in [0.25, 0.3) is 0 Å². The van der Waals surface area contributed by atoms with Crippen LogP contribution in [0.15, 0.2) is 74.2 Å². The molecule has 0 saturated carbocycles. The number of hydrogen-bond donors (Lipinski definition) is 0. The summed E-state index contributed by atoms with van der Waals surface area (Å²) in [6, 6.07) is 17.8. The summed E-state index contributed by atoms with van der Waals surface area (Å²) >= 11 is 9.42. The monoisotopic (exact) mass is 665 g/mol. The number of nitrogens with zero attached hydrogens (tertiary/aromatic N) is 1. The van der Waals surface area contributed by atoms with Gasteiger partial charge in [0.15, 0.2) is 5.70 Å². The van der Waals surface area contributed by atoms with E-state index in [2.05, 4.69) is 78.5 Å². The van der Waals surface area contributed by atoms with Crippen molar-refractivity contribution in [2.75, 3.05) is 0 Å². The number of ether oxygens (including phenoxy) is 2. The van der Waals surface area contributed by atoms with E-state index in [1.165, 1.54) is 5.56 Å². The fourth-order valence-corrected chi connectivity index (χ4v) is 4.90. The Morgan fingerprint density at radius 2 is 1.72 bits per heavy atom. The third-order valence-electron chi connectivity index (χ3n) is 4.85. The Labute approximate surface area is 217 Å². The van der Waals surface area contributed by atoms with Crippen LogP contribution in [0, 0.1) is 17.4 Å². The van der Waals surface area contributed by atoms with Gasteiger partial charge in [0.2, 0.25) is 5.90 Å². The molecule has 32 heavy (non-hydrogen) atoms. The van der Waals surface area contributed by atoms with E-state index in [4.69, 9.17) is 9.47 Å². The first-order chi connectivity index (χ1) is 15.3. The second-order valence-electron chi connectivity index (χ2n) is 7.39. The minimum atomic E-state index is -0.469. The second-order valence-corrected chi connectivity index (χ2v) is 10.3. The van der Waals surface area contributed by atoms with E-state index in [1.54, 1.807) is 6.08 Å². The Kier molecular flexibility index (Phi) is 7.17. The molecule has 0 spiro atoms. The molecule has 4 rings (SSSR count). The van der Waals surface area contributed by atoms with Crippen LogP contribution in [-0.4, -0.2) is 11.9 Å². The average Bonchev–Trinajstić information content (AvgIpc) is 3.11. The molecule has 3 aromatic rings. The lowest BCUT2D eigenvalue weighted by atomic mass is 10.1. The van der Waals surface area contributed by atoms with Crippen molar-refractivity contribution in [3.63, 3.8) is 0 Å². The molecule has 0 unspecified atom stereocenters. The number of esters is 1. The first-order valence-electron chi connectivity index (χ1n) is 9.76. The van der Waals surface area contributed by atoms with Gasteiger partial charge in [-0.3, -0.25) is 0 Å². The van der Waals surface area contributed by atoms with E-state index in [0.29, 0.717) is 18.3 Å². The molecule has 0 fully saturated rings. The predicted octanol–water partition coefficient (Wildman–Crippen LogP) is 7.36. The van der Waals surface area contributed by atoms with Gasteiger partial charge in [-0.2, -0.15) is 0 Å². The summed E-state index contributed by atoms with van der Waals surface area (Å²) in [5, 5.41) is 0. The van der Waals surface area contributed by atoms with Gasteiger partial charge < -0.3 is 9.47 Å². The topological polar surface area (TPSA) is 47.9 Å². The number of carbonyl (C=O) groups excluding carboxylic acids is 1. The molecule has 0 aliphatic carbocycles. The van der Waals surface area contributed by atoms with Crippen molar-refractivity contribution in [3.05, 3.63) is 101 Å². The number of aryl methyl sites for hydroxylation is 2. The Morgan fingerprint density at radius 1 is 1.03 bits per heavy atom. The lowest BCUT2D eigenvalue weighted by Gasteiger charge is -2.11. The maximum Gasteiger partial charge on any atom is 0.363 e. The van der Waals surface area contributed by atoms with Crippen molar-refractivity contribution in [1.82, 2.24) is 0 Å². The highest BCUT2D eigenvalue weighted by atomic mass is 127. The van der Waals surface area contributed by atoms with Crippen molar-refractivity contribution in [2.24, 2.45) is 4.99 Å². The van der Waals surface area contributed by atoms with Crippen LogP contribution in [0.4, 0.5) is 0 Å². The number of hydrogen-bond acceptors (Lipinski definition) is 4. The summed E-state index contributed by atoms with van der Waals surface area (Å²) in [7, 11) is 0. The number of halogens is 3. The summed E-state index contributed by atoms with van der Waals surface area (Å²) in [6.45, 7) is 4.52. The van der Waals surface area contributed by atoms with Crippen molar-refractivity contribution in [3.8, 4) is 5.75 Å². The summed E-state index contributed by atoms with van der Waals surface area (Å²) in [4.78, 5) is 16.8. The molecule has 0 N–H and O–H groups in total. The first kappa shape index (κ1) is 23.2. The molecule has 0 atom stereocenters. The molecule has 0 aromatic heterocycles. The van der Waals surface area contributed by atoms with Crippen LogP contribution in [0.3, 0.4) is 0 Å². The maximum absolute atomic E-state index is 12.4. The number of cyclic esters (lactones) is 1. The number of rotatable bonds is 5. The lowest BCUT2D eigenvalue weighted by molar-refractivity contribution is -0.129. The van der Waals surface area contributed by atoms with Gasteiger partial charge in [0.1, 0.15) is 12.4 Å². The van der Waals surface area contributed by atoms with Gasteiger partial charge in [0.05, 0.1) is 8.95 Å². The molecule has 3 aromatic carbocycles.